The van der Waals surface area contributed by atoms with Gasteiger partial charge in [0.15, 0.2) is 0 Å². The Labute approximate surface area is 209 Å². The average Bonchev–Trinajstić information content (AvgIpc) is 2.88. The van der Waals surface area contributed by atoms with E-state index in [0.29, 0.717) is 34.0 Å². The van der Waals surface area contributed by atoms with Crippen molar-refractivity contribution in [3.63, 3.8) is 0 Å². The number of fused-ring (bicyclic) bond motifs is 3. The van der Waals surface area contributed by atoms with Gasteiger partial charge in [0.1, 0.15) is 5.82 Å². The highest BCUT2D eigenvalue weighted by Crippen LogP contribution is 2.32. The van der Waals surface area contributed by atoms with Crippen LogP contribution in [-0.4, -0.2) is 20.4 Å². The number of anilines is 1. The van der Waals surface area contributed by atoms with Gasteiger partial charge in [-0.05, 0) is 60.5 Å². The van der Waals surface area contributed by atoms with Gasteiger partial charge in [0, 0.05) is 46.9 Å². The molecule has 5 rings (SSSR count). The van der Waals surface area contributed by atoms with Crippen LogP contribution in [0.3, 0.4) is 0 Å². The molecule has 1 amide bonds. The van der Waals surface area contributed by atoms with E-state index in [2.05, 4.69) is 15.3 Å². The highest BCUT2D eigenvalue weighted by molar-refractivity contribution is 6.05. The number of halogens is 3. The number of nitrogens with zero attached hydrogens (tertiary/aromatic N) is 3. The highest BCUT2D eigenvalue weighted by atomic mass is 19.4. The van der Waals surface area contributed by atoms with Crippen LogP contribution in [0.4, 0.5) is 19.0 Å². The van der Waals surface area contributed by atoms with Crippen molar-refractivity contribution in [2.75, 3.05) is 5.32 Å². The smallest absolute Gasteiger partial charge is 0.311 e. The predicted molar refractivity (Wildman–Crippen MR) is 137 cm³/mol. The van der Waals surface area contributed by atoms with Crippen LogP contribution in [0.5, 0.6) is 0 Å². The summed E-state index contributed by atoms with van der Waals surface area (Å²) in [5.74, 6) is 0.326. The number of hydrogen-bond acceptors (Lipinski definition) is 4. The van der Waals surface area contributed by atoms with Gasteiger partial charge < -0.3 is 5.32 Å². The summed E-state index contributed by atoms with van der Waals surface area (Å²) in [6, 6.07) is 16.6. The molecule has 0 aliphatic heterocycles. The van der Waals surface area contributed by atoms with Crippen molar-refractivity contribution < 1.29 is 18.0 Å². The monoisotopic (exact) mass is 502 g/mol. The number of nitrogens with one attached hydrogen (secondary N) is 1. The lowest BCUT2D eigenvalue weighted by Crippen LogP contribution is -2.18. The molecule has 0 atom stereocenters. The third-order valence-electron chi connectivity index (χ3n) is 5.99. The second kappa shape index (κ2) is 9.50. The molecule has 0 fully saturated rings. The highest BCUT2D eigenvalue weighted by Gasteiger charge is 2.30. The van der Waals surface area contributed by atoms with Crippen molar-refractivity contribution >= 4 is 33.5 Å². The molecule has 0 saturated carbocycles. The van der Waals surface area contributed by atoms with Gasteiger partial charge in [-0.3, -0.25) is 19.1 Å². The summed E-state index contributed by atoms with van der Waals surface area (Å²) in [5.41, 5.74) is 1.37. The molecule has 0 saturated heterocycles. The lowest BCUT2D eigenvalue weighted by atomic mass is 10.0. The summed E-state index contributed by atoms with van der Waals surface area (Å²) < 4.78 is 41.5. The second-order valence-corrected chi connectivity index (χ2v) is 8.58. The number of alkyl halides is 3. The molecular weight excluding hydrogens is 481 g/mol. The van der Waals surface area contributed by atoms with Crippen LogP contribution in [0.25, 0.3) is 38.6 Å². The largest absolute Gasteiger partial charge is 0.416 e. The third-order valence-corrected chi connectivity index (χ3v) is 5.99. The first kappa shape index (κ1) is 24.2. The summed E-state index contributed by atoms with van der Waals surface area (Å²) in [6.45, 7) is 1.92. The van der Waals surface area contributed by atoms with Gasteiger partial charge in [0.05, 0.1) is 16.6 Å². The standard InChI is InChI=1S/C28H21F3N4O2/c1-2-4-25(36)34-24-11-8-18(15-33-24)17-7-10-23-22(13-17)27-19(16-32-23)9-12-26(37)35(27)21-6-3-5-20(14-21)28(29,30)31/h3,5-16H,2,4H2,1H3,(H,33,34,36). The van der Waals surface area contributed by atoms with Gasteiger partial charge in [-0.15, -0.1) is 0 Å². The van der Waals surface area contributed by atoms with Gasteiger partial charge in [-0.25, -0.2) is 4.98 Å². The van der Waals surface area contributed by atoms with Crippen molar-refractivity contribution in [1.82, 2.24) is 14.5 Å². The van der Waals surface area contributed by atoms with Gasteiger partial charge >= 0.3 is 6.18 Å². The second-order valence-electron chi connectivity index (χ2n) is 8.58. The molecule has 186 valence electrons. The van der Waals surface area contributed by atoms with E-state index in [0.717, 1.165) is 29.7 Å². The molecule has 9 heteroatoms. The number of rotatable bonds is 5. The Morgan fingerprint density at radius 3 is 2.49 bits per heavy atom. The summed E-state index contributed by atoms with van der Waals surface area (Å²) in [4.78, 5) is 33.6. The minimum Gasteiger partial charge on any atom is -0.311 e. The Kier molecular flexibility index (Phi) is 6.20. The maximum absolute atomic E-state index is 13.4. The van der Waals surface area contributed by atoms with Crippen LogP contribution < -0.4 is 10.9 Å². The molecule has 3 aromatic heterocycles. The van der Waals surface area contributed by atoms with Crippen LogP contribution in [0, 0.1) is 0 Å². The average molecular weight is 502 g/mol. The van der Waals surface area contributed by atoms with E-state index in [4.69, 9.17) is 0 Å². The predicted octanol–water partition coefficient (Wildman–Crippen LogP) is 6.36. The lowest BCUT2D eigenvalue weighted by molar-refractivity contribution is -0.137. The first-order chi connectivity index (χ1) is 17.7. The first-order valence-corrected chi connectivity index (χ1v) is 11.6. The molecule has 3 heterocycles. The molecule has 0 radical (unpaired) electrons. The molecule has 0 aliphatic carbocycles. The molecule has 2 aromatic carbocycles. The molecule has 0 aliphatic rings. The molecule has 0 bridgehead atoms. The third kappa shape index (κ3) is 4.80. The van der Waals surface area contributed by atoms with Gasteiger partial charge in [-0.2, -0.15) is 13.2 Å². The minimum atomic E-state index is -4.55. The van der Waals surface area contributed by atoms with E-state index in [1.54, 1.807) is 30.6 Å². The van der Waals surface area contributed by atoms with Crippen LogP contribution in [0.1, 0.15) is 25.3 Å². The van der Waals surface area contributed by atoms with Crippen LogP contribution >= 0.6 is 0 Å². The maximum Gasteiger partial charge on any atom is 0.416 e. The summed E-state index contributed by atoms with van der Waals surface area (Å²) in [7, 11) is 0. The molecule has 37 heavy (non-hydrogen) atoms. The summed E-state index contributed by atoms with van der Waals surface area (Å²) in [6.07, 6.45) is -0.191. The van der Waals surface area contributed by atoms with Crippen LogP contribution in [-0.2, 0) is 11.0 Å². The minimum absolute atomic E-state index is 0.108. The topological polar surface area (TPSA) is 76.9 Å². The molecule has 6 nitrogen and oxygen atoms in total. The zero-order valence-electron chi connectivity index (χ0n) is 19.7. The van der Waals surface area contributed by atoms with E-state index < -0.39 is 17.3 Å². The van der Waals surface area contributed by atoms with E-state index in [1.165, 1.54) is 22.8 Å². The number of carbonyl (C=O) groups is 1. The fraction of sp³-hybridized carbons (Fsp3) is 0.143. The number of pyridine rings is 3. The number of carbonyl (C=O) groups excluding carboxylic acids is 1. The first-order valence-electron chi connectivity index (χ1n) is 11.6. The number of aromatic nitrogens is 3. The Bertz CT molecular complexity index is 1690. The fourth-order valence-corrected chi connectivity index (χ4v) is 4.24. The van der Waals surface area contributed by atoms with Gasteiger partial charge in [0.25, 0.3) is 5.56 Å². The lowest BCUT2D eigenvalue weighted by Gasteiger charge is -2.15. The zero-order valence-corrected chi connectivity index (χ0v) is 19.7. The zero-order chi connectivity index (χ0) is 26.2. The van der Waals surface area contributed by atoms with Crippen molar-refractivity contribution in [3.05, 3.63) is 95.0 Å². The van der Waals surface area contributed by atoms with Crippen LogP contribution in [0.15, 0.2) is 83.9 Å². The number of amides is 1. The van der Waals surface area contributed by atoms with Gasteiger partial charge in [-0.1, -0.05) is 19.1 Å². The van der Waals surface area contributed by atoms with Crippen molar-refractivity contribution in [3.8, 4) is 16.8 Å². The fourth-order valence-electron chi connectivity index (χ4n) is 4.24. The van der Waals surface area contributed by atoms with E-state index in [1.807, 2.05) is 25.1 Å². The van der Waals surface area contributed by atoms with Crippen LogP contribution in [0.2, 0.25) is 0 Å². The SMILES string of the molecule is CCCC(=O)Nc1ccc(-c2ccc3ncc4ccc(=O)n(-c5cccc(C(F)(F)F)c5)c4c3c2)cn1. The molecule has 1 N–H and O–H groups in total. The number of benzene rings is 2. The Hall–Kier alpha value is -4.53. The van der Waals surface area contributed by atoms with E-state index in [9.17, 15) is 22.8 Å². The summed E-state index contributed by atoms with van der Waals surface area (Å²) in [5, 5.41) is 3.95. The van der Waals surface area contributed by atoms with Crippen molar-refractivity contribution in [1.29, 1.82) is 0 Å². The molecule has 5 aromatic rings. The van der Waals surface area contributed by atoms with E-state index >= 15 is 0 Å². The van der Waals surface area contributed by atoms with Gasteiger partial charge in [0.2, 0.25) is 5.91 Å². The van der Waals surface area contributed by atoms with Crippen molar-refractivity contribution in [2.24, 2.45) is 0 Å². The Morgan fingerprint density at radius 2 is 1.76 bits per heavy atom. The Balaban J connectivity index is 1.66. The molecular formula is C28H21F3N4O2. The maximum atomic E-state index is 13.4. The molecule has 0 unspecified atom stereocenters. The number of hydrogen-bond donors (Lipinski definition) is 1. The van der Waals surface area contributed by atoms with E-state index in [-0.39, 0.29) is 11.6 Å². The van der Waals surface area contributed by atoms with Crippen molar-refractivity contribution in [2.45, 2.75) is 25.9 Å². The quantitative estimate of drug-likeness (QED) is 0.284. The normalized spacial score (nSPS) is 11.7. The molecule has 0 spiro atoms. The summed E-state index contributed by atoms with van der Waals surface area (Å²) >= 11 is 0. The Morgan fingerprint density at radius 1 is 0.946 bits per heavy atom.